The molecule has 19 heavy (non-hydrogen) atoms. The minimum absolute atomic E-state index is 0.340. The van der Waals surface area contributed by atoms with Crippen molar-refractivity contribution in [1.29, 1.82) is 0 Å². The van der Waals surface area contributed by atoms with Gasteiger partial charge in [-0.15, -0.1) is 10.2 Å². The van der Waals surface area contributed by atoms with E-state index in [0.717, 1.165) is 6.54 Å². The zero-order chi connectivity index (χ0) is 13.2. The number of nitrogens with one attached hydrogen (secondary N) is 1. The van der Waals surface area contributed by atoms with E-state index in [0.29, 0.717) is 34.3 Å². The average molecular weight is 326 g/mol. The fourth-order valence-corrected chi connectivity index (χ4v) is 2.24. The van der Waals surface area contributed by atoms with E-state index in [1.165, 1.54) is 18.9 Å². The summed E-state index contributed by atoms with van der Waals surface area (Å²) in [6, 6.07) is 5.41. The van der Waals surface area contributed by atoms with Gasteiger partial charge in [-0.05, 0) is 40.9 Å². The third-order valence-corrected chi connectivity index (χ3v) is 3.80. The Morgan fingerprint density at radius 3 is 3.00 bits per heavy atom. The highest BCUT2D eigenvalue weighted by atomic mass is 79.9. The smallest absolute Gasteiger partial charge is 0.248 e. The standard InChI is InChI=1S/C13H13BrFN3O/c14-12-9(2-1-3-10(12)15)13-18-17-11(19-13)6-7-16-8-4-5-8/h1-3,8,16H,4-7H2. The van der Waals surface area contributed by atoms with Gasteiger partial charge >= 0.3 is 0 Å². The molecule has 100 valence electrons. The Morgan fingerprint density at radius 2 is 2.21 bits per heavy atom. The molecular formula is C13H13BrFN3O. The first-order chi connectivity index (χ1) is 9.24. The van der Waals surface area contributed by atoms with Crippen LogP contribution < -0.4 is 5.32 Å². The topological polar surface area (TPSA) is 51.0 Å². The number of hydrogen-bond donors (Lipinski definition) is 1. The van der Waals surface area contributed by atoms with Crippen LogP contribution in [-0.4, -0.2) is 22.8 Å². The molecule has 0 aliphatic heterocycles. The molecule has 1 N–H and O–H groups in total. The van der Waals surface area contributed by atoms with Crippen LogP contribution in [0.4, 0.5) is 4.39 Å². The second-order valence-corrected chi connectivity index (χ2v) is 5.37. The number of halogens is 2. The van der Waals surface area contributed by atoms with Crippen LogP contribution in [0.5, 0.6) is 0 Å². The minimum atomic E-state index is -0.340. The third-order valence-electron chi connectivity index (χ3n) is 3.00. The highest BCUT2D eigenvalue weighted by molar-refractivity contribution is 9.10. The monoisotopic (exact) mass is 325 g/mol. The fraction of sp³-hybridized carbons (Fsp3) is 0.385. The lowest BCUT2D eigenvalue weighted by molar-refractivity contribution is 0.493. The predicted octanol–water partition coefficient (Wildman–Crippen LogP) is 2.93. The first-order valence-corrected chi connectivity index (χ1v) is 7.03. The second kappa shape index (κ2) is 5.38. The Labute approximate surface area is 118 Å². The molecular weight excluding hydrogens is 313 g/mol. The summed E-state index contributed by atoms with van der Waals surface area (Å²) in [5.41, 5.74) is 0.578. The maximum absolute atomic E-state index is 13.4. The quantitative estimate of drug-likeness (QED) is 0.918. The number of aromatic nitrogens is 2. The molecule has 1 aliphatic carbocycles. The largest absolute Gasteiger partial charge is 0.421 e. The van der Waals surface area contributed by atoms with Crippen molar-refractivity contribution < 1.29 is 8.81 Å². The van der Waals surface area contributed by atoms with E-state index in [1.807, 2.05) is 0 Å². The maximum atomic E-state index is 13.4. The molecule has 1 aromatic carbocycles. The molecule has 0 bridgehead atoms. The van der Waals surface area contributed by atoms with Crippen molar-refractivity contribution in [2.75, 3.05) is 6.54 Å². The van der Waals surface area contributed by atoms with Crippen molar-refractivity contribution >= 4 is 15.9 Å². The lowest BCUT2D eigenvalue weighted by atomic mass is 10.2. The van der Waals surface area contributed by atoms with Crippen LogP contribution in [0.1, 0.15) is 18.7 Å². The molecule has 1 saturated carbocycles. The van der Waals surface area contributed by atoms with E-state index in [-0.39, 0.29) is 5.82 Å². The van der Waals surface area contributed by atoms with Crippen molar-refractivity contribution in [2.24, 2.45) is 0 Å². The van der Waals surface area contributed by atoms with Gasteiger partial charge in [0.15, 0.2) is 0 Å². The number of hydrogen-bond acceptors (Lipinski definition) is 4. The lowest BCUT2D eigenvalue weighted by Gasteiger charge is -2.00. The predicted molar refractivity (Wildman–Crippen MR) is 72.1 cm³/mol. The van der Waals surface area contributed by atoms with Gasteiger partial charge in [-0.2, -0.15) is 0 Å². The molecule has 1 fully saturated rings. The summed E-state index contributed by atoms with van der Waals surface area (Å²) >= 11 is 3.19. The molecule has 0 amide bonds. The van der Waals surface area contributed by atoms with Gasteiger partial charge < -0.3 is 9.73 Å². The van der Waals surface area contributed by atoms with Crippen molar-refractivity contribution in [2.45, 2.75) is 25.3 Å². The Morgan fingerprint density at radius 1 is 1.37 bits per heavy atom. The summed E-state index contributed by atoms with van der Waals surface area (Å²) in [6.45, 7) is 0.830. The van der Waals surface area contributed by atoms with Gasteiger partial charge in [0.1, 0.15) is 5.82 Å². The number of nitrogens with zero attached hydrogens (tertiary/aromatic N) is 2. The number of benzene rings is 1. The van der Waals surface area contributed by atoms with E-state index >= 15 is 0 Å². The molecule has 3 rings (SSSR count). The lowest BCUT2D eigenvalue weighted by Crippen LogP contribution is -2.19. The van der Waals surface area contributed by atoms with Crippen molar-refractivity contribution in [3.63, 3.8) is 0 Å². The summed E-state index contributed by atoms with van der Waals surface area (Å²) in [5.74, 6) is 0.569. The van der Waals surface area contributed by atoms with Crippen LogP contribution in [0.25, 0.3) is 11.5 Å². The molecule has 0 spiro atoms. The fourth-order valence-electron chi connectivity index (χ4n) is 1.80. The summed E-state index contributed by atoms with van der Waals surface area (Å²) in [6.07, 6.45) is 3.20. The summed E-state index contributed by atoms with van der Waals surface area (Å²) < 4.78 is 19.3. The molecule has 1 heterocycles. The highest BCUT2D eigenvalue weighted by Crippen LogP contribution is 2.29. The molecule has 1 aliphatic rings. The first kappa shape index (κ1) is 12.7. The second-order valence-electron chi connectivity index (χ2n) is 4.58. The van der Waals surface area contributed by atoms with Crippen molar-refractivity contribution in [3.05, 3.63) is 34.4 Å². The van der Waals surface area contributed by atoms with Gasteiger partial charge in [-0.1, -0.05) is 6.07 Å². The Kier molecular flexibility index (Phi) is 3.61. The van der Waals surface area contributed by atoms with Crippen LogP contribution in [0.2, 0.25) is 0 Å². The Bertz CT molecular complexity index is 583. The molecule has 4 nitrogen and oxygen atoms in total. The Balaban J connectivity index is 1.70. The molecule has 2 aromatic rings. The zero-order valence-electron chi connectivity index (χ0n) is 10.2. The minimum Gasteiger partial charge on any atom is -0.421 e. The average Bonchev–Trinajstić information content (AvgIpc) is 3.10. The van der Waals surface area contributed by atoms with Gasteiger partial charge in [-0.3, -0.25) is 0 Å². The summed E-state index contributed by atoms with van der Waals surface area (Å²) in [4.78, 5) is 0. The molecule has 0 atom stereocenters. The van der Waals surface area contributed by atoms with Gasteiger partial charge in [0.25, 0.3) is 0 Å². The number of rotatable bonds is 5. The van der Waals surface area contributed by atoms with E-state index in [2.05, 4.69) is 31.4 Å². The van der Waals surface area contributed by atoms with Gasteiger partial charge in [-0.25, -0.2) is 4.39 Å². The van der Waals surface area contributed by atoms with E-state index < -0.39 is 0 Å². The normalized spacial score (nSPS) is 14.8. The van der Waals surface area contributed by atoms with Crippen molar-refractivity contribution in [3.8, 4) is 11.5 Å². The molecule has 1 aromatic heterocycles. The highest BCUT2D eigenvalue weighted by Gasteiger charge is 2.20. The van der Waals surface area contributed by atoms with E-state index in [1.54, 1.807) is 12.1 Å². The van der Waals surface area contributed by atoms with E-state index in [4.69, 9.17) is 4.42 Å². The molecule has 0 radical (unpaired) electrons. The molecule has 6 heteroatoms. The van der Waals surface area contributed by atoms with Crippen LogP contribution in [0, 0.1) is 5.82 Å². The van der Waals surface area contributed by atoms with Gasteiger partial charge in [0, 0.05) is 19.0 Å². The SMILES string of the molecule is Fc1cccc(-c2nnc(CCNC3CC3)o2)c1Br. The van der Waals surface area contributed by atoms with Gasteiger partial charge in [0.05, 0.1) is 10.0 Å². The summed E-state index contributed by atoms with van der Waals surface area (Å²) in [7, 11) is 0. The zero-order valence-corrected chi connectivity index (χ0v) is 11.8. The Hall–Kier alpha value is -1.27. The molecule has 0 saturated heterocycles. The first-order valence-electron chi connectivity index (χ1n) is 6.24. The third kappa shape index (κ3) is 3.01. The molecule has 0 unspecified atom stereocenters. The summed E-state index contributed by atoms with van der Waals surface area (Å²) in [5, 5.41) is 11.3. The van der Waals surface area contributed by atoms with Crippen molar-refractivity contribution in [1.82, 2.24) is 15.5 Å². The van der Waals surface area contributed by atoms with Crippen LogP contribution in [0.3, 0.4) is 0 Å². The van der Waals surface area contributed by atoms with Crippen LogP contribution in [0.15, 0.2) is 27.1 Å². The maximum Gasteiger partial charge on any atom is 0.248 e. The van der Waals surface area contributed by atoms with E-state index in [9.17, 15) is 4.39 Å². The van der Waals surface area contributed by atoms with Gasteiger partial charge in [0.2, 0.25) is 11.8 Å². The van der Waals surface area contributed by atoms with Crippen LogP contribution in [-0.2, 0) is 6.42 Å². The van der Waals surface area contributed by atoms with Crippen LogP contribution >= 0.6 is 15.9 Å².